The lowest BCUT2D eigenvalue weighted by Crippen LogP contribution is -2.69. The normalized spacial score (nSPS) is 57.3. The van der Waals surface area contributed by atoms with Gasteiger partial charge in [0.2, 0.25) is 0 Å². The van der Waals surface area contributed by atoms with E-state index in [1.807, 2.05) is 0 Å². The van der Waals surface area contributed by atoms with Crippen molar-refractivity contribution in [3.8, 4) is 0 Å². The van der Waals surface area contributed by atoms with Crippen LogP contribution in [-0.4, -0.2) is 22.9 Å². The highest BCUT2D eigenvalue weighted by Crippen LogP contribution is 2.79. The van der Waals surface area contributed by atoms with E-state index in [-0.39, 0.29) is 22.3 Å². The topological polar surface area (TPSA) is 40.5 Å². The molecule has 0 unspecified atom stereocenters. The molecule has 2 N–H and O–H groups in total. The number of hydrogen-bond donors (Lipinski definition) is 2. The number of aliphatic hydroxyl groups excluding tert-OH is 2. The summed E-state index contributed by atoms with van der Waals surface area (Å²) in [4.78, 5) is 0. The summed E-state index contributed by atoms with van der Waals surface area (Å²) in [6.45, 7) is 20.7. The molecule has 0 amide bonds. The molecular weight excluding hydrogens is 404 g/mol. The summed E-state index contributed by atoms with van der Waals surface area (Å²) in [5.74, 6) is 2.14. The zero-order valence-electron chi connectivity index (χ0n) is 23.2. The first-order chi connectivity index (χ1) is 15.1. The predicted octanol–water partition coefficient (Wildman–Crippen LogP) is 7.61. The van der Waals surface area contributed by atoms with E-state index in [1.165, 1.54) is 64.2 Å². The fourth-order valence-corrected chi connectivity index (χ4v) is 11.7. The van der Waals surface area contributed by atoms with E-state index in [2.05, 4.69) is 55.4 Å². The smallest absolute Gasteiger partial charge is 0.0596 e. The average Bonchev–Trinajstić information content (AvgIpc) is 2.73. The van der Waals surface area contributed by atoms with Crippen molar-refractivity contribution in [3.63, 3.8) is 0 Å². The Labute approximate surface area is 204 Å². The molecule has 0 radical (unpaired) electrons. The molecule has 5 fully saturated rings. The van der Waals surface area contributed by atoms with Crippen molar-refractivity contribution < 1.29 is 10.2 Å². The van der Waals surface area contributed by atoms with Crippen LogP contribution in [-0.2, 0) is 0 Å². The summed E-state index contributed by atoms with van der Waals surface area (Å²) in [5, 5.41) is 21.8. The van der Waals surface area contributed by atoms with Crippen LogP contribution in [0.4, 0.5) is 0 Å². The minimum Gasteiger partial charge on any atom is -0.396 e. The van der Waals surface area contributed by atoms with Gasteiger partial charge in [-0.15, -0.1) is 0 Å². The zero-order valence-corrected chi connectivity index (χ0v) is 23.2. The van der Waals surface area contributed by atoms with E-state index in [0.29, 0.717) is 34.2 Å². The number of fused-ring (bicyclic) bond motifs is 7. The van der Waals surface area contributed by atoms with Crippen molar-refractivity contribution in [1.82, 2.24) is 0 Å². The summed E-state index contributed by atoms with van der Waals surface area (Å²) < 4.78 is 0. The molecule has 2 nitrogen and oxygen atoms in total. The largest absolute Gasteiger partial charge is 0.396 e. The molecule has 0 aromatic rings. The highest BCUT2D eigenvalue weighted by Gasteiger charge is 2.72. The van der Waals surface area contributed by atoms with Crippen LogP contribution >= 0.6 is 0 Å². The third kappa shape index (κ3) is 2.86. The van der Waals surface area contributed by atoms with Crippen molar-refractivity contribution in [2.45, 2.75) is 132 Å². The molecule has 0 bridgehead atoms. The third-order valence-corrected chi connectivity index (χ3v) is 14.6. The first kappa shape index (κ1) is 24.6. The maximum absolute atomic E-state index is 11.0. The van der Waals surface area contributed by atoms with Gasteiger partial charge in [0.25, 0.3) is 0 Å². The van der Waals surface area contributed by atoms with E-state index in [4.69, 9.17) is 0 Å². The standard InChI is InChI=1S/C31H54O2/c1-25(2)13-17-31(20-32)18-16-29(7)22-11-12-28(6)21(9-10-24(33)26(28,3)4)27(22,5)14-15-30(29,8)23(31)19-25/h21-24,32-33H,9-20H2,1-8H3/t21-,22+,23-,24-,27-,28-,29+,30-,31-/m0/s1. The fraction of sp³-hybridized carbons (Fsp3) is 1.00. The number of hydrogen-bond acceptors (Lipinski definition) is 2. The molecule has 5 aliphatic rings. The van der Waals surface area contributed by atoms with Gasteiger partial charge < -0.3 is 10.2 Å². The Morgan fingerprint density at radius 3 is 1.85 bits per heavy atom. The molecule has 190 valence electrons. The second-order valence-corrected chi connectivity index (χ2v) is 16.2. The maximum atomic E-state index is 11.0. The van der Waals surface area contributed by atoms with E-state index < -0.39 is 0 Å². The van der Waals surface area contributed by atoms with Crippen LogP contribution in [0.2, 0.25) is 0 Å². The Morgan fingerprint density at radius 1 is 0.606 bits per heavy atom. The molecule has 5 rings (SSSR count). The summed E-state index contributed by atoms with van der Waals surface area (Å²) in [7, 11) is 0. The molecular formula is C31H54O2. The van der Waals surface area contributed by atoms with E-state index in [1.54, 1.807) is 0 Å². The van der Waals surface area contributed by atoms with Crippen LogP contribution in [0.15, 0.2) is 0 Å². The Morgan fingerprint density at radius 2 is 1.18 bits per heavy atom. The van der Waals surface area contributed by atoms with Gasteiger partial charge in [-0.3, -0.25) is 0 Å². The maximum Gasteiger partial charge on any atom is 0.0596 e. The summed E-state index contributed by atoms with van der Waals surface area (Å²) in [6, 6.07) is 0. The monoisotopic (exact) mass is 458 g/mol. The van der Waals surface area contributed by atoms with E-state index >= 15 is 0 Å². The van der Waals surface area contributed by atoms with Gasteiger partial charge in [-0.05, 0) is 126 Å². The van der Waals surface area contributed by atoms with Crippen LogP contribution in [0.5, 0.6) is 0 Å². The lowest BCUT2D eigenvalue weighted by molar-refractivity contribution is -0.278. The van der Waals surface area contributed by atoms with Gasteiger partial charge >= 0.3 is 0 Å². The quantitative estimate of drug-likeness (QED) is 0.424. The molecule has 0 aliphatic heterocycles. The second kappa shape index (κ2) is 7.02. The SMILES string of the molecule is CC1(C)CC[C@@]2(CO)CC[C@]3(C)[C@@H]4CC[C@@]5(C)[C@@H](CC[C@H](O)C5(C)C)[C@]4(C)CC[C@@]3(C)[C@@H]2C1. The molecule has 0 saturated heterocycles. The number of aliphatic hydroxyl groups is 2. The molecule has 0 heterocycles. The summed E-state index contributed by atoms with van der Waals surface area (Å²) in [5.41, 5.74) is 1.86. The molecule has 2 heteroatoms. The van der Waals surface area contributed by atoms with Crippen LogP contribution in [0.3, 0.4) is 0 Å². The second-order valence-electron chi connectivity index (χ2n) is 16.2. The van der Waals surface area contributed by atoms with Crippen LogP contribution < -0.4 is 0 Å². The molecule has 0 aromatic carbocycles. The van der Waals surface area contributed by atoms with Crippen molar-refractivity contribution in [2.24, 2.45) is 55.7 Å². The number of rotatable bonds is 1. The first-order valence-corrected chi connectivity index (χ1v) is 14.4. The molecule has 9 atom stereocenters. The molecule has 0 aromatic heterocycles. The zero-order chi connectivity index (χ0) is 24.3. The van der Waals surface area contributed by atoms with Crippen molar-refractivity contribution in [3.05, 3.63) is 0 Å². The Kier molecular flexibility index (Phi) is 5.24. The van der Waals surface area contributed by atoms with Crippen molar-refractivity contribution >= 4 is 0 Å². The predicted molar refractivity (Wildman–Crippen MR) is 137 cm³/mol. The van der Waals surface area contributed by atoms with Crippen LogP contribution in [0, 0.1) is 55.7 Å². The minimum absolute atomic E-state index is 0.00243. The molecule has 5 saturated carbocycles. The highest BCUT2D eigenvalue weighted by atomic mass is 16.3. The lowest BCUT2D eigenvalue weighted by Gasteiger charge is -2.76. The Hall–Kier alpha value is -0.0800. The highest BCUT2D eigenvalue weighted by molar-refractivity contribution is 5.21. The minimum atomic E-state index is -0.160. The Bertz CT molecular complexity index is 801. The van der Waals surface area contributed by atoms with Gasteiger partial charge in [-0.25, -0.2) is 0 Å². The third-order valence-electron chi connectivity index (χ3n) is 14.6. The lowest BCUT2D eigenvalue weighted by atomic mass is 9.29. The molecule has 0 spiro atoms. The van der Waals surface area contributed by atoms with E-state index in [9.17, 15) is 10.2 Å². The molecule has 5 aliphatic carbocycles. The summed E-state index contributed by atoms with van der Waals surface area (Å²) >= 11 is 0. The van der Waals surface area contributed by atoms with E-state index in [0.717, 1.165) is 18.3 Å². The van der Waals surface area contributed by atoms with Gasteiger partial charge in [0, 0.05) is 6.61 Å². The van der Waals surface area contributed by atoms with Gasteiger partial charge in [0.05, 0.1) is 6.10 Å². The Balaban J connectivity index is 1.56. The van der Waals surface area contributed by atoms with Gasteiger partial charge in [-0.2, -0.15) is 0 Å². The van der Waals surface area contributed by atoms with Crippen molar-refractivity contribution in [1.29, 1.82) is 0 Å². The first-order valence-electron chi connectivity index (χ1n) is 14.4. The van der Waals surface area contributed by atoms with Gasteiger partial charge in [-0.1, -0.05) is 55.4 Å². The van der Waals surface area contributed by atoms with Crippen LogP contribution in [0.1, 0.15) is 126 Å². The van der Waals surface area contributed by atoms with Crippen molar-refractivity contribution in [2.75, 3.05) is 6.61 Å². The molecule has 33 heavy (non-hydrogen) atoms. The summed E-state index contributed by atoms with van der Waals surface area (Å²) in [6.07, 6.45) is 13.6. The van der Waals surface area contributed by atoms with Gasteiger partial charge in [0.1, 0.15) is 0 Å². The fourth-order valence-electron chi connectivity index (χ4n) is 11.7. The van der Waals surface area contributed by atoms with Crippen LogP contribution in [0.25, 0.3) is 0 Å². The average molecular weight is 459 g/mol. The van der Waals surface area contributed by atoms with Gasteiger partial charge in [0.15, 0.2) is 0 Å².